The lowest BCUT2D eigenvalue weighted by Crippen LogP contribution is -2.06. The Bertz CT molecular complexity index is 240. The molecule has 2 rings (SSSR count). The number of halogens is 2. The van der Waals surface area contributed by atoms with Gasteiger partial charge in [0.05, 0.1) is 5.02 Å². The number of benzene rings is 1. The number of hydrogen-bond donors (Lipinski definition) is 1. The first-order chi connectivity index (χ1) is 6.24. The SMILES string of the molecule is CNC1CC1.Fc1ccccc1Cl. The maximum absolute atomic E-state index is 12.2. The molecule has 0 radical (unpaired) electrons. The topological polar surface area (TPSA) is 12.0 Å². The van der Waals surface area contributed by atoms with E-state index in [4.69, 9.17) is 11.6 Å². The van der Waals surface area contributed by atoms with Crippen molar-refractivity contribution in [2.24, 2.45) is 0 Å². The molecule has 1 aliphatic carbocycles. The largest absolute Gasteiger partial charge is 0.317 e. The summed E-state index contributed by atoms with van der Waals surface area (Å²) in [7, 11) is 2.01. The van der Waals surface area contributed by atoms with Gasteiger partial charge in [0.2, 0.25) is 0 Å². The standard InChI is InChI=1S/C6H4ClF.C4H9N/c7-5-3-1-2-4-6(5)8;1-5-4-2-3-4/h1-4H;4-5H,2-3H2,1H3. The maximum atomic E-state index is 12.2. The van der Waals surface area contributed by atoms with E-state index in [1.54, 1.807) is 12.1 Å². The van der Waals surface area contributed by atoms with Crippen LogP contribution in [0, 0.1) is 5.82 Å². The molecule has 1 aliphatic rings. The van der Waals surface area contributed by atoms with Gasteiger partial charge >= 0.3 is 0 Å². The predicted octanol–water partition coefficient (Wildman–Crippen LogP) is 2.85. The highest BCUT2D eigenvalue weighted by molar-refractivity contribution is 6.30. The van der Waals surface area contributed by atoms with E-state index >= 15 is 0 Å². The molecule has 72 valence electrons. The van der Waals surface area contributed by atoms with Gasteiger partial charge in [0.25, 0.3) is 0 Å². The van der Waals surface area contributed by atoms with Crippen LogP contribution in [0.4, 0.5) is 4.39 Å². The third kappa shape index (κ3) is 4.25. The second-order valence-electron chi connectivity index (χ2n) is 2.98. The van der Waals surface area contributed by atoms with E-state index in [0.29, 0.717) is 0 Å². The Morgan fingerprint density at radius 1 is 1.38 bits per heavy atom. The lowest BCUT2D eigenvalue weighted by molar-refractivity contribution is 0.628. The first-order valence-corrected chi connectivity index (χ1v) is 4.69. The number of hydrogen-bond acceptors (Lipinski definition) is 1. The normalized spacial score (nSPS) is 14.7. The van der Waals surface area contributed by atoms with Crippen LogP contribution in [0.1, 0.15) is 12.8 Å². The van der Waals surface area contributed by atoms with Crippen molar-refractivity contribution in [3.8, 4) is 0 Å². The van der Waals surface area contributed by atoms with Gasteiger partial charge in [-0.1, -0.05) is 23.7 Å². The lowest BCUT2D eigenvalue weighted by atomic mass is 10.4. The number of nitrogens with one attached hydrogen (secondary N) is 1. The molecular formula is C10H13ClFN. The molecule has 0 unspecified atom stereocenters. The van der Waals surface area contributed by atoms with E-state index in [1.165, 1.54) is 25.0 Å². The van der Waals surface area contributed by atoms with E-state index in [9.17, 15) is 4.39 Å². The molecule has 1 aromatic carbocycles. The van der Waals surface area contributed by atoms with Gasteiger partial charge in [-0.25, -0.2) is 4.39 Å². The van der Waals surface area contributed by atoms with E-state index in [2.05, 4.69) is 5.32 Å². The minimum atomic E-state index is -0.367. The molecule has 0 bridgehead atoms. The van der Waals surface area contributed by atoms with Gasteiger partial charge in [-0.05, 0) is 32.0 Å². The monoisotopic (exact) mass is 201 g/mol. The van der Waals surface area contributed by atoms with Crippen molar-refractivity contribution in [3.05, 3.63) is 35.1 Å². The molecule has 0 aliphatic heterocycles. The van der Waals surface area contributed by atoms with Gasteiger partial charge in [0.1, 0.15) is 5.82 Å². The molecule has 0 atom stereocenters. The summed E-state index contributed by atoms with van der Waals surface area (Å²) in [5.74, 6) is -0.367. The molecule has 1 aromatic rings. The zero-order valence-corrected chi connectivity index (χ0v) is 8.31. The fraction of sp³-hybridized carbons (Fsp3) is 0.400. The van der Waals surface area contributed by atoms with E-state index in [1.807, 2.05) is 7.05 Å². The van der Waals surface area contributed by atoms with Crippen LogP contribution in [0.3, 0.4) is 0 Å². The Kier molecular flexibility index (Phi) is 4.19. The molecule has 1 fully saturated rings. The third-order valence-corrected chi connectivity index (χ3v) is 2.12. The second-order valence-corrected chi connectivity index (χ2v) is 3.38. The minimum absolute atomic E-state index is 0.174. The van der Waals surface area contributed by atoms with Gasteiger partial charge in [-0.15, -0.1) is 0 Å². The van der Waals surface area contributed by atoms with Crippen LogP contribution in [0.5, 0.6) is 0 Å². The third-order valence-electron chi connectivity index (χ3n) is 1.81. The molecule has 1 saturated carbocycles. The van der Waals surface area contributed by atoms with Crippen molar-refractivity contribution in [1.29, 1.82) is 0 Å². The zero-order chi connectivity index (χ0) is 9.68. The smallest absolute Gasteiger partial charge is 0.141 e. The molecule has 0 aromatic heterocycles. The van der Waals surface area contributed by atoms with Gasteiger partial charge in [-0.2, -0.15) is 0 Å². The summed E-state index contributed by atoms with van der Waals surface area (Å²) in [6.45, 7) is 0. The summed E-state index contributed by atoms with van der Waals surface area (Å²) >= 11 is 5.33. The molecule has 1 nitrogen and oxygen atoms in total. The molecule has 0 heterocycles. The molecular weight excluding hydrogens is 189 g/mol. The predicted molar refractivity (Wildman–Crippen MR) is 53.5 cm³/mol. The molecule has 0 saturated heterocycles. The molecule has 1 N–H and O–H groups in total. The van der Waals surface area contributed by atoms with Gasteiger partial charge in [-0.3, -0.25) is 0 Å². The van der Waals surface area contributed by atoms with Gasteiger partial charge in [0.15, 0.2) is 0 Å². The van der Waals surface area contributed by atoms with Crippen molar-refractivity contribution < 1.29 is 4.39 Å². The van der Waals surface area contributed by atoms with Crippen LogP contribution in [-0.4, -0.2) is 13.1 Å². The van der Waals surface area contributed by atoms with Crippen LogP contribution in [0.2, 0.25) is 5.02 Å². The van der Waals surface area contributed by atoms with Crippen LogP contribution >= 0.6 is 11.6 Å². The van der Waals surface area contributed by atoms with E-state index in [-0.39, 0.29) is 10.8 Å². The number of rotatable bonds is 1. The van der Waals surface area contributed by atoms with E-state index in [0.717, 1.165) is 6.04 Å². The Labute approximate surface area is 82.9 Å². The van der Waals surface area contributed by atoms with Crippen LogP contribution in [0.15, 0.2) is 24.3 Å². The fourth-order valence-electron chi connectivity index (χ4n) is 0.811. The summed E-state index contributed by atoms with van der Waals surface area (Å²) in [5, 5.41) is 3.31. The Hall–Kier alpha value is -0.600. The summed E-state index contributed by atoms with van der Waals surface area (Å²) in [5.41, 5.74) is 0. The van der Waals surface area contributed by atoms with Crippen LogP contribution in [-0.2, 0) is 0 Å². The van der Waals surface area contributed by atoms with Crippen molar-refractivity contribution in [1.82, 2.24) is 5.32 Å². The zero-order valence-electron chi connectivity index (χ0n) is 7.56. The Balaban J connectivity index is 0.000000145. The maximum Gasteiger partial charge on any atom is 0.141 e. The highest BCUT2D eigenvalue weighted by Crippen LogP contribution is 2.17. The van der Waals surface area contributed by atoms with Gasteiger partial charge in [0, 0.05) is 6.04 Å². The Morgan fingerprint density at radius 2 is 2.00 bits per heavy atom. The molecule has 13 heavy (non-hydrogen) atoms. The average molecular weight is 202 g/mol. The first kappa shape index (κ1) is 10.5. The first-order valence-electron chi connectivity index (χ1n) is 4.31. The van der Waals surface area contributed by atoms with E-state index < -0.39 is 0 Å². The Morgan fingerprint density at radius 3 is 2.23 bits per heavy atom. The summed E-state index contributed by atoms with van der Waals surface area (Å²) in [6.07, 6.45) is 2.80. The minimum Gasteiger partial charge on any atom is -0.317 e. The second kappa shape index (κ2) is 5.20. The summed E-state index contributed by atoms with van der Waals surface area (Å²) in [4.78, 5) is 0. The molecule has 3 heteroatoms. The van der Waals surface area contributed by atoms with Crippen LogP contribution < -0.4 is 5.32 Å². The average Bonchev–Trinajstić information content (AvgIpc) is 2.94. The highest BCUT2D eigenvalue weighted by atomic mass is 35.5. The van der Waals surface area contributed by atoms with Crippen molar-refractivity contribution in [2.45, 2.75) is 18.9 Å². The van der Waals surface area contributed by atoms with Gasteiger partial charge < -0.3 is 5.32 Å². The van der Waals surface area contributed by atoms with Crippen molar-refractivity contribution in [3.63, 3.8) is 0 Å². The summed E-state index contributed by atoms with van der Waals surface area (Å²) < 4.78 is 12.2. The lowest BCUT2D eigenvalue weighted by Gasteiger charge is -1.86. The summed E-state index contributed by atoms with van der Waals surface area (Å²) in [6, 6.07) is 7.00. The van der Waals surface area contributed by atoms with Crippen molar-refractivity contribution in [2.75, 3.05) is 7.05 Å². The highest BCUT2D eigenvalue weighted by Gasteiger charge is 2.17. The van der Waals surface area contributed by atoms with Crippen molar-refractivity contribution >= 4 is 11.6 Å². The van der Waals surface area contributed by atoms with Crippen LogP contribution in [0.25, 0.3) is 0 Å². The quantitative estimate of drug-likeness (QED) is 0.737. The molecule has 0 amide bonds. The fourth-order valence-corrected chi connectivity index (χ4v) is 0.947. The molecule has 0 spiro atoms.